The fraction of sp³-hybridized carbons (Fsp3) is 0.0667. The molecule has 2 aromatic carbocycles. The number of benzene rings is 2. The quantitative estimate of drug-likeness (QED) is 0.510. The van der Waals surface area contributed by atoms with Crippen molar-refractivity contribution in [2.45, 2.75) is 6.54 Å². The Morgan fingerprint density at radius 3 is 2.17 bits per heavy atom. The Kier molecular flexibility index (Phi) is 5.27. The Balaban J connectivity index is 1.88. The molecule has 0 saturated carbocycles. The van der Waals surface area contributed by atoms with E-state index in [-0.39, 0.29) is 12.2 Å². The van der Waals surface area contributed by atoms with E-state index in [1.165, 1.54) is 24.3 Å². The summed E-state index contributed by atoms with van der Waals surface area (Å²) in [5.74, 6) is -1.66. The van der Waals surface area contributed by atoms with Crippen molar-refractivity contribution in [3.05, 3.63) is 69.2 Å². The van der Waals surface area contributed by atoms with Gasteiger partial charge in [0.2, 0.25) is 0 Å². The smallest absolute Gasteiger partial charge is 0.313 e. The van der Waals surface area contributed by atoms with Crippen LogP contribution in [0.25, 0.3) is 0 Å². The zero-order valence-electron chi connectivity index (χ0n) is 11.8. The summed E-state index contributed by atoms with van der Waals surface area (Å²) in [5, 5.41) is 15.9. The molecule has 0 unspecified atom stereocenters. The molecule has 7 nitrogen and oxygen atoms in total. The van der Waals surface area contributed by atoms with Crippen LogP contribution in [0.4, 0.5) is 11.4 Å². The third-order valence-corrected chi connectivity index (χ3v) is 3.16. The van der Waals surface area contributed by atoms with Crippen LogP contribution < -0.4 is 10.6 Å². The average molecular weight is 334 g/mol. The number of halogens is 1. The van der Waals surface area contributed by atoms with Crippen molar-refractivity contribution in [3.8, 4) is 0 Å². The zero-order chi connectivity index (χ0) is 16.8. The lowest BCUT2D eigenvalue weighted by atomic mass is 10.2. The molecule has 0 heterocycles. The van der Waals surface area contributed by atoms with Gasteiger partial charge in [-0.05, 0) is 29.8 Å². The maximum atomic E-state index is 11.7. The van der Waals surface area contributed by atoms with E-state index < -0.39 is 16.7 Å². The summed E-state index contributed by atoms with van der Waals surface area (Å²) >= 11 is 5.75. The summed E-state index contributed by atoms with van der Waals surface area (Å²) in [6.07, 6.45) is 0. The van der Waals surface area contributed by atoms with Gasteiger partial charge < -0.3 is 10.6 Å². The number of nitrogens with zero attached hydrogens (tertiary/aromatic N) is 1. The molecule has 2 aromatic rings. The second kappa shape index (κ2) is 7.37. The first kappa shape index (κ1) is 16.4. The van der Waals surface area contributed by atoms with Crippen LogP contribution in [-0.4, -0.2) is 16.7 Å². The monoisotopic (exact) mass is 333 g/mol. The Bertz CT molecular complexity index is 729. The Morgan fingerprint density at radius 2 is 1.61 bits per heavy atom. The average Bonchev–Trinajstić information content (AvgIpc) is 2.54. The van der Waals surface area contributed by atoms with Gasteiger partial charge in [0.15, 0.2) is 0 Å². The summed E-state index contributed by atoms with van der Waals surface area (Å²) in [6, 6.07) is 12.0. The number of rotatable bonds is 4. The van der Waals surface area contributed by atoms with E-state index >= 15 is 0 Å². The first-order valence-electron chi connectivity index (χ1n) is 6.54. The summed E-state index contributed by atoms with van der Waals surface area (Å²) in [6.45, 7) is 0.184. The van der Waals surface area contributed by atoms with Crippen molar-refractivity contribution in [3.63, 3.8) is 0 Å². The summed E-state index contributed by atoms with van der Waals surface area (Å²) in [4.78, 5) is 33.4. The Hall–Kier alpha value is -2.93. The number of anilines is 1. The second-order valence-corrected chi connectivity index (χ2v) is 5.00. The molecular formula is C15H12ClN3O4. The van der Waals surface area contributed by atoms with Crippen LogP contribution in [0.3, 0.4) is 0 Å². The summed E-state index contributed by atoms with van der Waals surface area (Å²) in [7, 11) is 0. The highest BCUT2D eigenvalue weighted by atomic mass is 35.5. The van der Waals surface area contributed by atoms with E-state index in [9.17, 15) is 19.7 Å². The highest BCUT2D eigenvalue weighted by Crippen LogP contribution is 2.15. The number of hydrogen-bond acceptors (Lipinski definition) is 4. The van der Waals surface area contributed by atoms with Gasteiger partial charge in [-0.1, -0.05) is 23.7 Å². The predicted octanol–water partition coefficient (Wildman–Crippen LogP) is 2.50. The van der Waals surface area contributed by atoms with Crippen molar-refractivity contribution < 1.29 is 14.5 Å². The molecule has 0 bridgehead atoms. The van der Waals surface area contributed by atoms with Crippen LogP contribution in [0, 0.1) is 10.1 Å². The topological polar surface area (TPSA) is 101 Å². The summed E-state index contributed by atoms with van der Waals surface area (Å²) in [5.41, 5.74) is 0.989. The van der Waals surface area contributed by atoms with Crippen LogP contribution in [0.15, 0.2) is 48.5 Å². The summed E-state index contributed by atoms with van der Waals surface area (Å²) < 4.78 is 0. The maximum Gasteiger partial charge on any atom is 0.313 e. The van der Waals surface area contributed by atoms with Gasteiger partial charge in [-0.15, -0.1) is 0 Å². The molecule has 23 heavy (non-hydrogen) atoms. The molecule has 2 rings (SSSR count). The van der Waals surface area contributed by atoms with E-state index in [1.54, 1.807) is 24.3 Å². The van der Waals surface area contributed by atoms with Gasteiger partial charge in [0, 0.05) is 29.4 Å². The van der Waals surface area contributed by atoms with E-state index in [2.05, 4.69) is 10.6 Å². The number of non-ortho nitro benzene ring substituents is 1. The predicted molar refractivity (Wildman–Crippen MR) is 85.0 cm³/mol. The fourth-order valence-electron chi connectivity index (χ4n) is 1.72. The van der Waals surface area contributed by atoms with Crippen LogP contribution in [-0.2, 0) is 16.1 Å². The van der Waals surface area contributed by atoms with Crippen LogP contribution >= 0.6 is 11.6 Å². The van der Waals surface area contributed by atoms with Crippen molar-refractivity contribution in [2.24, 2.45) is 0 Å². The van der Waals surface area contributed by atoms with Crippen LogP contribution in [0.2, 0.25) is 5.02 Å². The molecule has 0 fully saturated rings. The lowest BCUT2D eigenvalue weighted by Gasteiger charge is -2.06. The van der Waals surface area contributed by atoms with E-state index in [0.717, 1.165) is 5.56 Å². The minimum atomic E-state index is -0.854. The molecule has 0 aliphatic rings. The molecule has 0 aliphatic carbocycles. The van der Waals surface area contributed by atoms with Gasteiger partial charge in [0.05, 0.1) is 4.92 Å². The molecule has 0 radical (unpaired) electrons. The number of amides is 2. The molecule has 8 heteroatoms. The highest BCUT2D eigenvalue weighted by Gasteiger charge is 2.14. The standard InChI is InChI=1S/C15H12ClN3O4/c16-11-3-1-10(2-4-11)9-17-14(20)15(21)18-12-5-7-13(8-6-12)19(22)23/h1-8H,9H2,(H,17,20)(H,18,21). The zero-order valence-corrected chi connectivity index (χ0v) is 12.5. The number of carbonyl (C=O) groups is 2. The minimum absolute atomic E-state index is 0.102. The largest absolute Gasteiger partial charge is 0.344 e. The van der Waals surface area contributed by atoms with Crippen molar-refractivity contribution in [1.29, 1.82) is 0 Å². The Morgan fingerprint density at radius 1 is 1.00 bits per heavy atom. The van der Waals surface area contributed by atoms with Crippen molar-refractivity contribution in [2.75, 3.05) is 5.32 Å². The number of carbonyl (C=O) groups excluding carboxylic acids is 2. The van der Waals surface area contributed by atoms with E-state index in [1.807, 2.05) is 0 Å². The molecule has 0 atom stereocenters. The van der Waals surface area contributed by atoms with E-state index in [4.69, 9.17) is 11.6 Å². The molecule has 0 spiro atoms. The maximum absolute atomic E-state index is 11.7. The molecule has 0 aromatic heterocycles. The van der Waals surface area contributed by atoms with Crippen LogP contribution in [0.5, 0.6) is 0 Å². The SMILES string of the molecule is O=C(NCc1ccc(Cl)cc1)C(=O)Nc1ccc([N+](=O)[O-])cc1. The van der Waals surface area contributed by atoms with Gasteiger partial charge >= 0.3 is 11.8 Å². The first-order chi connectivity index (χ1) is 11.0. The second-order valence-electron chi connectivity index (χ2n) is 4.57. The molecule has 0 aliphatic heterocycles. The van der Waals surface area contributed by atoms with Gasteiger partial charge in [0.25, 0.3) is 5.69 Å². The lowest BCUT2D eigenvalue weighted by molar-refractivity contribution is -0.384. The van der Waals surface area contributed by atoms with Gasteiger partial charge in [-0.25, -0.2) is 0 Å². The lowest BCUT2D eigenvalue weighted by Crippen LogP contribution is -2.34. The highest BCUT2D eigenvalue weighted by molar-refractivity contribution is 6.39. The van der Waals surface area contributed by atoms with Gasteiger partial charge in [0.1, 0.15) is 0 Å². The molecule has 2 amide bonds. The number of nitro groups is 1. The third-order valence-electron chi connectivity index (χ3n) is 2.91. The molecular weight excluding hydrogens is 322 g/mol. The molecule has 0 saturated heterocycles. The third kappa shape index (κ3) is 4.79. The van der Waals surface area contributed by atoms with Crippen LogP contribution in [0.1, 0.15) is 5.56 Å². The number of nitro benzene ring substituents is 1. The van der Waals surface area contributed by atoms with Gasteiger partial charge in [-0.2, -0.15) is 0 Å². The van der Waals surface area contributed by atoms with Crippen molar-refractivity contribution >= 4 is 34.8 Å². The van der Waals surface area contributed by atoms with Crippen molar-refractivity contribution in [1.82, 2.24) is 5.32 Å². The first-order valence-corrected chi connectivity index (χ1v) is 6.91. The fourth-order valence-corrected chi connectivity index (χ4v) is 1.85. The normalized spacial score (nSPS) is 9.96. The minimum Gasteiger partial charge on any atom is -0.344 e. The van der Waals surface area contributed by atoms with E-state index in [0.29, 0.717) is 10.7 Å². The molecule has 118 valence electrons. The Labute approximate surface area is 136 Å². The number of hydrogen-bond donors (Lipinski definition) is 2. The number of nitrogens with one attached hydrogen (secondary N) is 2. The molecule has 2 N–H and O–H groups in total. The van der Waals surface area contributed by atoms with Gasteiger partial charge in [-0.3, -0.25) is 19.7 Å².